The molecule has 0 atom stereocenters. The van der Waals surface area contributed by atoms with Crippen molar-refractivity contribution in [3.05, 3.63) is 175 Å². The summed E-state index contributed by atoms with van der Waals surface area (Å²) in [5.74, 6) is -1.46. The number of pyridine rings is 2. The number of hydrogen-bond donors (Lipinski definition) is 2. The van der Waals surface area contributed by atoms with Crippen molar-refractivity contribution >= 4 is 35.3 Å². The van der Waals surface area contributed by atoms with Crippen LogP contribution in [0.1, 0.15) is 67.2 Å². The van der Waals surface area contributed by atoms with Gasteiger partial charge in [0.25, 0.3) is 22.9 Å². The van der Waals surface area contributed by atoms with E-state index in [2.05, 4.69) is 10.6 Å². The van der Waals surface area contributed by atoms with Gasteiger partial charge in [-0.05, 0) is 144 Å². The molecule has 2 amide bonds. The second-order valence-electron chi connectivity index (χ2n) is 15.4. The van der Waals surface area contributed by atoms with Gasteiger partial charge in [-0.25, -0.2) is 0 Å². The van der Waals surface area contributed by atoms with Gasteiger partial charge < -0.3 is 15.5 Å². The van der Waals surface area contributed by atoms with Crippen molar-refractivity contribution in [1.82, 2.24) is 24.7 Å². The summed E-state index contributed by atoms with van der Waals surface area (Å²) in [5, 5.41) is 23.9. The quantitative estimate of drug-likeness (QED) is 0.0714. The average molecular weight is 970 g/mol. The van der Waals surface area contributed by atoms with E-state index in [4.69, 9.17) is 0 Å². The van der Waals surface area contributed by atoms with E-state index in [1.54, 1.807) is 62.4 Å². The summed E-state index contributed by atoms with van der Waals surface area (Å²) in [4.78, 5) is 58.9. The fourth-order valence-corrected chi connectivity index (χ4v) is 8.89. The van der Waals surface area contributed by atoms with E-state index < -0.39 is 46.4 Å². The third-order valence-electron chi connectivity index (χ3n) is 10.6. The van der Waals surface area contributed by atoms with Crippen LogP contribution in [0, 0.1) is 36.5 Å². The van der Waals surface area contributed by atoms with Gasteiger partial charge in [0, 0.05) is 55.4 Å². The number of nitrogens with zero attached hydrogens (tertiary/aromatic N) is 5. The van der Waals surface area contributed by atoms with Crippen LogP contribution in [0.5, 0.6) is 0 Å². The average Bonchev–Trinajstić information content (AvgIpc) is 3.31. The Morgan fingerprint density at radius 1 is 0.603 bits per heavy atom. The third-order valence-corrected chi connectivity index (χ3v) is 12.9. The zero-order valence-electron chi connectivity index (χ0n) is 36.6. The highest BCUT2D eigenvalue weighted by Gasteiger charge is 2.32. The molecular formula is C49H41F6N7O4S2. The maximum atomic E-state index is 13.8. The Morgan fingerprint density at radius 3 is 1.31 bits per heavy atom. The minimum atomic E-state index is -4.68. The van der Waals surface area contributed by atoms with Crippen molar-refractivity contribution in [1.29, 1.82) is 10.5 Å². The van der Waals surface area contributed by atoms with Crippen LogP contribution < -0.4 is 21.8 Å². The summed E-state index contributed by atoms with van der Waals surface area (Å²) in [6.07, 6.45) is -8.52. The number of nitriles is 2. The molecule has 0 spiro atoms. The molecule has 6 rings (SSSR count). The first-order valence-electron chi connectivity index (χ1n) is 20.8. The third kappa shape index (κ3) is 12.3. The normalized spacial score (nSPS) is 11.5. The van der Waals surface area contributed by atoms with Crippen molar-refractivity contribution in [3.63, 3.8) is 0 Å². The first kappa shape index (κ1) is 50.4. The van der Waals surface area contributed by atoms with Gasteiger partial charge in [0.15, 0.2) is 0 Å². The van der Waals surface area contributed by atoms with Gasteiger partial charge in [0.1, 0.15) is 11.1 Å². The Hall–Kier alpha value is -7.06. The van der Waals surface area contributed by atoms with Gasteiger partial charge in [-0.2, -0.15) is 36.9 Å². The van der Waals surface area contributed by atoms with Gasteiger partial charge in [-0.15, -0.1) is 0 Å². The summed E-state index contributed by atoms with van der Waals surface area (Å²) in [6.45, 7) is 4.32. The highest BCUT2D eigenvalue weighted by Crippen LogP contribution is 2.35. The van der Waals surface area contributed by atoms with Gasteiger partial charge >= 0.3 is 12.4 Å². The summed E-state index contributed by atoms with van der Waals surface area (Å²) >= 11 is 2.35. The molecule has 19 heteroatoms. The molecule has 2 heterocycles. The number of benzene rings is 4. The largest absolute Gasteiger partial charge is 0.416 e. The number of hydrogen-bond acceptors (Lipinski definition) is 9. The fraction of sp³-hybridized carbons (Fsp3) is 0.224. The number of rotatable bonds is 16. The van der Waals surface area contributed by atoms with Crippen LogP contribution in [0.15, 0.2) is 138 Å². The summed E-state index contributed by atoms with van der Waals surface area (Å²) in [7, 11) is 1.81. The van der Waals surface area contributed by atoms with E-state index in [0.717, 1.165) is 33.4 Å². The van der Waals surface area contributed by atoms with Crippen molar-refractivity contribution in [2.45, 2.75) is 58.6 Å². The maximum absolute atomic E-state index is 13.8. The van der Waals surface area contributed by atoms with Crippen molar-refractivity contribution in [2.24, 2.45) is 0 Å². The number of carbonyl (C=O) groups excluding carboxylic acids is 2. The predicted molar refractivity (Wildman–Crippen MR) is 246 cm³/mol. The molecule has 2 aromatic heterocycles. The van der Waals surface area contributed by atoms with E-state index in [0.29, 0.717) is 68.0 Å². The van der Waals surface area contributed by atoms with Crippen molar-refractivity contribution in [3.8, 4) is 23.5 Å². The number of halogens is 6. The summed E-state index contributed by atoms with van der Waals surface area (Å²) < 4.78 is 84.3. The molecule has 2 N–H and O–H groups in total. The molecule has 11 nitrogen and oxygen atoms in total. The topological polar surface area (TPSA) is 153 Å². The Balaban J connectivity index is 1.10. The molecule has 0 aliphatic heterocycles. The van der Waals surface area contributed by atoms with Gasteiger partial charge in [0.2, 0.25) is 0 Å². The van der Waals surface area contributed by atoms with E-state index in [-0.39, 0.29) is 35.6 Å². The van der Waals surface area contributed by atoms with Crippen molar-refractivity contribution < 1.29 is 35.9 Å². The van der Waals surface area contributed by atoms with E-state index in [1.165, 1.54) is 59.9 Å². The Labute approximate surface area is 395 Å². The number of alkyl halides is 6. The Morgan fingerprint density at radius 2 is 0.971 bits per heavy atom. The second-order valence-corrected chi connectivity index (χ2v) is 17.6. The van der Waals surface area contributed by atoms with Crippen LogP contribution in [-0.2, 0) is 12.4 Å². The molecule has 0 fully saturated rings. The fourth-order valence-electron chi connectivity index (χ4n) is 7.01. The molecule has 0 bridgehead atoms. The smallest absolute Gasteiger partial charge is 0.352 e. The molecule has 0 aliphatic carbocycles. The second kappa shape index (κ2) is 21.7. The zero-order chi connectivity index (χ0) is 49.3. The van der Waals surface area contributed by atoms with Crippen LogP contribution in [0.25, 0.3) is 11.4 Å². The van der Waals surface area contributed by atoms with Crippen LogP contribution in [-0.4, -0.2) is 59.1 Å². The number of aromatic nitrogens is 2. The Bertz CT molecular complexity index is 2840. The van der Waals surface area contributed by atoms with E-state index in [9.17, 15) is 56.0 Å². The highest BCUT2D eigenvalue weighted by atomic mass is 32.2. The first-order chi connectivity index (χ1) is 32.3. The van der Waals surface area contributed by atoms with Gasteiger partial charge in [0.05, 0.1) is 34.4 Å². The Kier molecular flexibility index (Phi) is 16.1. The van der Waals surface area contributed by atoms with Crippen LogP contribution in [0.4, 0.5) is 26.3 Å². The number of carbonyl (C=O) groups is 2. The van der Waals surface area contributed by atoms with Crippen LogP contribution >= 0.6 is 23.5 Å². The molecule has 350 valence electrons. The lowest BCUT2D eigenvalue weighted by Crippen LogP contribution is -2.36. The predicted octanol–water partition coefficient (Wildman–Crippen LogP) is 9.56. The highest BCUT2D eigenvalue weighted by molar-refractivity contribution is 7.99. The molecule has 6 aromatic rings. The molecule has 0 radical (unpaired) electrons. The standard InChI is InChI=1S/C49H41F6N7O4S2/c1-30-42(67-38-16-12-32(28-56)13-17-38)26-40(46(65)61(30)36-10-4-8-34(24-36)48(50,51)52)44(63)58-20-6-22-60(3)23-7-21-59-45(64)41-27-43(68-39-18-14-33(29-57)15-19-39)31(2)62(47(41)66)37-11-5-9-35(25-37)49(53,54)55/h4-5,8-19,24-27H,6-7,20-23H2,1-3H3,(H,58,63)(H,59,64). The monoisotopic (exact) mass is 969 g/mol. The first-order valence-corrected chi connectivity index (χ1v) is 22.4. The molecule has 0 aliphatic rings. The number of nitrogens with one attached hydrogen (secondary N) is 2. The lowest BCUT2D eigenvalue weighted by atomic mass is 10.1. The summed E-state index contributed by atoms with van der Waals surface area (Å²) in [5.41, 5.74) is -2.88. The van der Waals surface area contributed by atoms with Gasteiger partial charge in [-0.1, -0.05) is 35.7 Å². The lowest BCUT2D eigenvalue weighted by molar-refractivity contribution is -0.138. The number of amides is 2. The van der Waals surface area contributed by atoms with Crippen molar-refractivity contribution in [2.75, 3.05) is 33.2 Å². The minimum absolute atomic E-state index is 0.0778. The molecule has 4 aromatic carbocycles. The maximum Gasteiger partial charge on any atom is 0.416 e. The van der Waals surface area contributed by atoms with E-state index in [1.807, 2.05) is 24.1 Å². The minimum Gasteiger partial charge on any atom is -0.352 e. The molecular weight excluding hydrogens is 929 g/mol. The lowest BCUT2D eigenvalue weighted by Gasteiger charge is -2.19. The molecule has 0 saturated heterocycles. The summed E-state index contributed by atoms with van der Waals surface area (Å²) in [6, 6.07) is 28.4. The molecule has 0 unspecified atom stereocenters. The molecule has 0 saturated carbocycles. The van der Waals surface area contributed by atoms with Crippen LogP contribution in [0.3, 0.4) is 0 Å². The van der Waals surface area contributed by atoms with Crippen LogP contribution in [0.2, 0.25) is 0 Å². The van der Waals surface area contributed by atoms with Gasteiger partial charge in [-0.3, -0.25) is 28.3 Å². The molecule has 68 heavy (non-hydrogen) atoms. The SMILES string of the molecule is Cc1c(Sc2ccc(C#N)cc2)cc(C(=O)NCCCN(C)CCCNC(=O)c2cc(Sc3ccc(C#N)cc3)c(C)n(-c3cccc(C(F)(F)F)c3)c2=O)c(=O)n1-c1cccc(C(F)(F)F)c1. The zero-order valence-corrected chi connectivity index (χ0v) is 38.2. The van der Waals surface area contributed by atoms with E-state index >= 15 is 0 Å².